The highest BCUT2D eigenvalue weighted by atomic mass is 15.2. The molecule has 2 unspecified atom stereocenters. The summed E-state index contributed by atoms with van der Waals surface area (Å²) in [6, 6.07) is 7.55. The summed E-state index contributed by atoms with van der Waals surface area (Å²) in [6.07, 6.45) is 6.62. The molecule has 0 bridgehead atoms. The van der Waals surface area contributed by atoms with Crippen LogP contribution in [-0.2, 0) is 0 Å². The summed E-state index contributed by atoms with van der Waals surface area (Å²) in [5.41, 5.74) is 1.12. The van der Waals surface area contributed by atoms with Gasteiger partial charge in [0, 0.05) is 23.8 Å². The zero-order chi connectivity index (χ0) is 11.1. The summed E-state index contributed by atoms with van der Waals surface area (Å²) in [5.74, 6) is 0. The second-order valence-corrected chi connectivity index (χ2v) is 4.81. The number of aromatic nitrogens is 2. The Hall–Kier alpha value is -1.35. The van der Waals surface area contributed by atoms with E-state index in [1.54, 1.807) is 0 Å². The summed E-state index contributed by atoms with van der Waals surface area (Å²) < 4.78 is 2.34. The van der Waals surface area contributed by atoms with E-state index in [4.69, 9.17) is 0 Å². The van der Waals surface area contributed by atoms with Crippen molar-refractivity contribution in [3.8, 4) is 0 Å². The molecule has 1 aliphatic rings. The molecule has 1 fully saturated rings. The van der Waals surface area contributed by atoms with Gasteiger partial charge in [-0.05, 0) is 45.1 Å². The molecular weight excluding hydrogens is 198 g/mol. The highest BCUT2D eigenvalue weighted by Crippen LogP contribution is 2.37. The van der Waals surface area contributed by atoms with Gasteiger partial charge in [-0.15, -0.1) is 0 Å². The maximum absolute atomic E-state index is 4.48. The van der Waals surface area contributed by atoms with Gasteiger partial charge in [0.25, 0.3) is 0 Å². The molecule has 0 aliphatic heterocycles. The molecule has 2 aromatic heterocycles. The van der Waals surface area contributed by atoms with Crippen LogP contribution in [0.15, 0.2) is 30.6 Å². The number of rotatable bonds is 2. The van der Waals surface area contributed by atoms with Gasteiger partial charge in [-0.3, -0.25) is 0 Å². The zero-order valence-electron chi connectivity index (χ0n) is 9.80. The number of hydrogen-bond acceptors (Lipinski definition) is 2. The predicted octanol–water partition coefficient (Wildman–Crippen LogP) is 2.30. The molecule has 1 aliphatic carbocycles. The van der Waals surface area contributed by atoms with E-state index < -0.39 is 0 Å². The third-order valence-corrected chi connectivity index (χ3v) is 3.70. The van der Waals surface area contributed by atoms with Crippen LogP contribution in [0.2, 0.25) is 0 Å². The first kappa shape index (κ1) is 9.85. The summed E-state index contributed by atoms with van der Waals surface area (Å²) in [7, 11) is 4.33. The van der Waals surface area contributed by atoms with E-state index in [1.165, 1.54) is 18.2 Å². The summed E-state index contributed by atoms with van der Waals surface area (Å²) in [5, 5.41) is 1.24. The van der Waals surface area contributed by atoms with Crippen LogP contribution >= 0.6 is 0 Å². The minimum Gasteiger partial charge on any atom is -0.328 e. The second-order valence-electron chi connectivity index (χ2n) is 4.81. The Morgan fingerprint density at radius 3 is 2.88 bits per heavy atom. The summed E-state index contributed by atoms with van der Waals surface area (Å²) in [6.45, 7) is 0. The average molecular weight is 215 g/mol. The van der Waals surface area contributed by atoms with Crippen LogP contribution < -0.4 is 0 Å². The van der Waals surface area contributed by atoms with Crippen molar-refractivity contribution in [3.05, 3.63) is 30.6 Å². The first-order valence-corrected chi connectivity index (χ1v) is 5.85. The molecule has 84 valence electrons. The van der Waals surface area contributed by atoms with Crippen LogP contribution in [0.25, 0.3) is 11.0 Å². The van der Waals surface area contributed by atoms with Gasteiger partial charge >= 0.3 is 0 Å². The largest absolute Gasteiger partial charge is 0.328 e. The number of hydrogen-bond donors (Lipinski definition) is 0. The lowest BCUT2D eigenvalue weighted by Gasteiger charge is -2.42. The predicted molar refractivity (Wildman–Crippen MR) is 65.5 cm³/mol. The molecular formula is C13H17N3. The fraction of sp³-hybridized carbons (Fsp3) is 0.462. The Morgan fingerprint density at radius 1 is 1.31 bits per heavy atom. The third-order valence-electron chi connectivity index (χ3n) is 3.70. The summed E-state index contributed by atoms with van der Waals surface area (Å²) in [4.78, 5) is 6.80. The van der Waals surface area contributed by atoms with Gasteiger partial charge in [-0.1, -0.05) is 0 Å². The molecule has 2 aromatic rings. The monoisotopic (exact) mass is 215 g/mol. The van der Waals surface area contributed by atoms with E-state index in [0.29, 0.717) is 12.1 Å². The Morgan fingerprint density at radius 2 is 2.19 bits per heavy atom. The van der Waals surface area contributed by atoms with E-state index in [0.717, 1.165) is 5.65 Å². The molecule has 1 saturated carbocycles. The van der Waals surface area contributed by atoms with Gasteiger partial charge in [0.1, 0.15) is 5.65 Å². The Balaban J connectivity index is 2.00. The van der Waals surface area contributed by atoms with Crippen LogP contribution in [-0.4, -0.2) is 34.6 Å². The van der Waals surface area contributed by atoms with Crippen LogP contribution in [0.3, 0.4) is 0 Å². The fourth-order valence-corrected chi connectivity index (χ4v) is 2.65. The molecule has 0 amide bonds. The second kappa shape index (κ2) is 3.59. The quantitative estimate of drug-likeness (QED) is 0.766. The first-order valence-electron chi connectivity index (χ1n) is 5.85. The molecule has 0 saturated heterocycles. The Kier molecular flexibility index (Phi) is 2.21. The SMILES string of the molecule is CN(C)C1CCC1n1ccc2cccnc21. The maximum Gasteiger partial charge on any atom is 0.140 e. The van der Waals surface area contributed by atoms with Crippen molar-refractivity contribution in [2.75, 3.05) is 14.1 Å². The molecule has 0 spiro atoms. The summed E-state index contributed by atoms with van der Waals surface area (Å²) >= 11 is 0. The van der Waals surface area contributed by atoms with Crippen molar-refractivity contribution in [2.45, 2.75) is 24.9 Å². The standard InChI is InChI=1S/C13H17N3/c1-15(2)11-5-6-12(11)16-9-7-10-4-3-8-14-13(10)16/h3-4,7-9,11-12H,5-6H2,1-2H3. The van der Waals surface area contributed by atoms with Crippen molar-refractivity contribution >= 4 is 11.0 Å². The lowest BCUT2D eigenvalue weighted by molar-refractivity contribution is 0.116. The van der Waals surface area contributed by atoms with Crippen molar-refractivity contribution in [3.63, 3.8) is 0 Å². The minimum absolute atomic E-state index is 0.599. The molecule has 2 heterocycles. The first-order chi connectivity index (χ1) is 7.77. The Labute approximate surface area is 95.7 Å². The molecule has 0 aromatic carbocycles. The van der Waals surface area contributed by atoms with Crippen molar-refractivity contribution in [1.82, 2.24) is 14.5 Å². The van der Waals surface area contributed by atoms with Gasteiger partial charge in [0.2, 0.25) is 0 Å². The smallest absolute Gasteiger partial charge is 0.140 e. The van der Waals surface area contributed by atoms with Gasteiger partial charge in [-0.25, -0.2) is 4.98 Å². The Bertz CT molecular complexity index is 501. The van der Waals surface area contributed by atoms with E-state index >= 15 is 0 Å². The minimum atomic E-state index is 0.599. The zero-order valence-corrected chi connectivity index (χ0v) is 9.80. The van der Waals surface area contributed by atoms with Gasteiger partial charge in [-0.2, -0.15) is 0 Å². The van der Waals surface area contributed by atoms with E-state index in [-0.39, 0.29) is 0 Å². The molecule has 0 radical (unpaired) electrons. The number of nitrogens with zero attached hydrogens (tertiary/aromatic N) is 3. The van der Waals surface area contributed by atoms with Crippen molar-refractivity contribution < 1.29 is 0 Å². The highest BCUT2D eigenvalue weighted by Gasteiger charge is 2.34. The lowest BCUT2D eigenvalue weighted by atomic mass is 9.85. The molecule has 2 atom stereocenters. The maximum atomic E-state index is 4.48. The van der Waals surface area contributed by atoms with Crippen LogP contribution in [0.4, 0.5) is 0 Å². The van der Waals surface area contributed by atoms with E-state index in [2.05, 4.69) is 46.9 Å². The topological polar surface area (TPSA) is 21.1 Å². The van der Waals surface area contributed by atoms with Gasteiger partial charge < -0.3 is 9.47 Å². The average Bonchev–Trinajstić information content (AvgIpc) is 2.60. The normalized spacial score (nSPS) is 24.9. The van der Waals surface area contributed by atoms with Crippen LogP contribution in [0.1, 0.15) is 18.9 Å². The van der Waals surface area contributed by atoms with Gasteiger partial charge in [0.15, 0.2) is 0 Å². The molecule has 3 rings (SSSR count). The van der Waals surface area contributed by atoms with Crippen LogP contribution in [0, 0.1) is 0 Å². The number of pyridine rings is 1. The molecule has 16 heavy (non-hydrogen) atoms. The molecule has 3 nitrogen and oxygen atoms in total. The van der Waals surface area contributed by atoms with Gasteiger partial charge in [0.05, 0.1) is 6.04 Å². The third kappa shape index (κ3) is 1.35. The highest BCUT2D eigenvalue weighted by molar-refractivity contribution is 5.75. The molecule has 3 heteroatoms. The number of likely N-dealkylation sites (N-methyl/N-ethyl adjacent to an activating group) is 1. The molecule has 0 N–H and O–H groups in total. The fourth-order valence-electron chi connectivity index (χ4n) is 2.65. The number of fused-ring (bicyclic) bond motifs is 1. The van der Waals surface area contributed by atoms with Crippen molar-refractivity contribution in [2.24, 2.45) is 0 Å². The van der Waals surface area contributed by atoms with E-state index in [9.17, 15) is 0 Å². The lowest BCUT2D eigenvalue weighted by Crippen LogP contribution is -2.44. The van der Waals surface area contributed by atoms with Crippen molar-refractivity contribution in [1.29, 1.82) is 0 Å². The van der Waals surface area contributed by atoms with Crippen LogP contribution in [0.5, 0.6) is 0 Å². The van der Waals surface area contributed by atoms with E-state index in [1.807, 2.05) is 12.3 Å².